The van der Waals surface area contributed by atoms with Crippen molar-refractivity contribution in [3.05, 3.63) is 0 Å². The summed E-state index contributed by atoms with van der Waals surface area (Å²) in [6.07, 6.45) is 4.29. The average Bonchev–Trinajstić information content (AvgIpc) is 2.26. The SMILES string of the molecule is CCCCCC(NCCN(C)C)C(=O)OC. The number of unbranched alkanes of at least 4 members (excludes halogenated alkanes) is 2. The highest BCUT2D eigenvalue weighted by atomic mass is 16.5. The van der Waals surface area contributed by atoms with E-state index in [9.17, 15) is 4.79 Å². The minimum Gasteiger partial charge on any atom is -0.468 e. The number of nitrogens with zero attached hydrogens (tertiary/aromatic N) is 1. The number of nitrogens with one attached hydrogen (secondary N) is 1. The van der Waals surface area contributed by atoms with E-state index < -0.39 is 0 Å². The van der Waals surface area contributed by atoms with E-state index >= 15 is 0 Å². The largest absolute Gasteiger partial charge is 0.468 e. The maximum atomic E-state index is 11.5. The molecule has 0 fully saturated rings. The van der Waals surface area contributed by atoms with Crippen molar-refractivity contribution in [2.24, 2.45) is 0 Å². The second-order valence-corrected chi connectivity index (χ2v) is 4.33. The first kappa shape index (κ1) is 15.4. The Labute approximate surface area is 99.3 Å². The molecule has 1 atom stereocenters. The van der Waals surface area contributed by atoms with E-state index in [1.165, 1.54) is 20.0 Å². The minimum atomic E-state index is -0.144. The smallest absolute Gasteiger partial charge is 0.322 e. The number of rotatable bonds is 9. The van der Waals surface area contributed by atoms with Gasteiger partial charge in [0.15, 0.2) is 0 Å². The van der Waals surface area contributed by atoms with Crippen LogP contribution in [0.25, 0.3) is 0 Å². The molecule has 0 aliphatic carbocycles. The predicted octanol–water partition coefficient (Wildman–Crippen LogP) is 1.26. The molecule has 96 valence electrons. The maximum Gasteiger partial charge on any atom is 0.322 e. The van der Waals surface area contributed by atoms with Crippen LogP contribution in [0.15, 0.2) is 0 Å². The van der Waals surface area contributed by atoms with Gasteiger partial charge in [-0.25, -0.2) is 0 Å². The molecule has 1 unspecified atom stereocenters. The van der Waals surface area contributed by atoms with E-state index in [1.54, 1.807) is 0 Å². The van der Waals surface area contributed by atoms with Crippen LogP contribution in [0.4, 0.5) is 0 Å². The monoisotopic (exact) mass is 230 g/mol. The van der Waals surface area contributed by atoms with Crippen molar-refractivity contribution in [3.8, 4) is 0 Å². The molecule has 0 aromatic carbocycles. The van der Waals surface area contributed by atoms with Gasteiger partial charge in [-0.1, -0.05) is 26.2 Å². The summed E-state index contributed by atoms with van der Waals surface area (Å²) in [5.74, 6) is -0.144. The van der Waals surface area contributed by atoms with E-state index in [1.807, 2.05) is 14.1 Å². The fourth-order valence-electron chi connectivity index (χ4n) is 1.51. The number of ether oxygens (including phenoxy) is 1. The van der Waals surface area contributed by atoms with Gasteiger partial charge < -0.3 is 15.0 Å². The summed E-state index contributed by atoms with van der Waals surface area (Å²) < 4.78 is 4.79. The molecule has 0 amide bonds. The lowest BCUT2D eigenvalue weighted by atomic mass is 10.1. The lowest BCUT2D eigenvalue weighted by Gasteiger charge is -2.17. The Kier molecular flexibility index (Phi) is 9.24. The van der Waals surface area contributed by atoms with Crippen molar-refractivity contribution < 1.29 is 9.53 Å². The summed E-state index contributed by atoms with van der Waals surface area (Å²) >= 11 is 0. The van der Waals surface area contributed by atoms with Crippen LogP contribution < -0.4 is 5.32 Å². The Balaban J connectivity index is 3.86. The van der Waals surface area contributed by atoms with Crippen LogP contribution in [0.5, 0.6) is 0 Å². The van der Waals surface area contributed by atoms with Gasteiger partial charge >= 0.3 is 5.97 Å². The molecule has 0 radical (unpaired) electrons. The summed E-state index contributed by atoms with van der Waals surface area (Å²) in [5.41, 5.74) is 0. The Morgan fingerprint density at radius 1 is 1.38 bits per heavy atom. The highest BCUT2D eigenvalue weighted by Crippen LogP contribution is 2.04. The van der Waals surface area contributed by atoms with Crippen molar-refractivity contribution in [1.29, 1.82) is 0 Å². The second-order valence-electron chi connectivity index (χ2n) is 4.33. The molecule has 0 aliphatic rings. The zero-order chi connectivity index (χ0) is 12.4. The Morgan fingerprint density at radius 2 is 2.06 bits per heavy atom. The van der Waals surface area contributed by atoms with E-state index in [-0.39, 0.29) is 12.0 Å². The first-order chi connectivity index (χ1) is 7.61. The van der Waals surface area contributed by atoms with Crippen LogP contribution in [0.1, 0.15) is 32.6 Å². The first-order valence-electron chi connectivity index (χ1n) is 6.07. The summed E-state index contributed by atoms with van der Waals surface area (Å²) in [7, 11) is 5.49. The number of likely N-dealkylation sites (N-methyl/N-ethyl adjacent to an activating group) is 1. The van der Waals surface area contributed by atoms with Crippen LogP contribution >= 0.6 is 0 Å². The van der Waals surface area contributed by atoms with Gasteiger partial charge in [0.2, 0.25) is 0 Å². The van der Waals surface area contributed by atoms with Crippen molar-refractivity contribution in [1.82, 2.24) is 10.2 Å². The molecule has 0 spiro atoms. The quantitative estimate of drug-likeness (QED) is 0.478. The highest BCUT2D eigenvalue weighted by molar-refractivity contribution is 5.75. The zero-order valence-electron chi connectivity index (χ0n) is 11.1. The molecule has 0 rings (SSSR count). The van der Waals surface area contributed by atoms with Crippen molar-refractivity contribution in [2.75, 3.05) is 34.3 Å². The van der Waals surface area contributed by atoms with Gasteiger partial charge in [-0.05, 0) is 20.5 Å². The van der Waals surface area contributed by atoms with Gasteiger partial charge in [0.1, 0.15) is 6.04 Å². The molecule has 4 heteroatoms. The number of carbonyl (C=O) groups excluding carboxylic acids is 1. The Morgan fingerprint density at radius 3 is 2.56 bits per heavy atom. The van der Waals surface area contributed by atoms with E-state index in [2.05, 4.69) is 17.1 Å². The fourth-order valence-corrected chi connectivity index (χ4v) is 1.51. The van der Waals surface area contributed by atoms with E-state index in [0.717, 1.165) is 25.9 Å². The van der Waals surface area contributed by atoms with Crippen LogP contribution in [-0.4, -0.2) is 51.2 Å². The summed E-state index contributed by atoms with van der Waals surface area (Å²) in [5, 5.41) is 3.24. The van der Waals surface area contributed by atoms with Gasteiger partial charge in [0.05, 0.1) is 7.11 Å². The third-order valence-electron chi connectivity index (χ3n) is 2.53. The first-order valence-corrected chi connectivity index (χ1v) is 6.07. The molecule has 0 saturated heterocycles. The molecular weight excluding hydrogens is 204 g/mol. The Bertz CT molecular complexity index is 184. The topological polar surface area (TPSA) is 41.6 Å². The molecule has 1 N–H and O–H groups in total. The number of methoxy groups -OCH3 is 1. The van der Waals surface area contributed by atoms with Crippen molar-refractivity contribution >= 4 is 5.97 Å². The standard InChI is InChI=1S/C12H26N2O2/c1-5-6-7-8-11(12(15)16-4)13-9-10-14(2)3/h11,13H,5-10H2,1-4H3. The number of carbonyl (C=O) groups is 1. The van der Waals surface area contributed by atoms with Crippen LogP contribution in [0, 0.1) is 0 Å². The molecule has 0 aliphatic heterocycles. The summed E-state index contributed by atoms with van der Waals surface area (Å²) in [4.78, 5) is 13.6. The number of hydrogen-bond acceptors (Lipinski definition) is 4. The van der Waals surface area contributed by atoms with Gasteiger partial charge in [0, 0.05) is 13.1 Å². The Hall–Kier alpha value is -0.610. The third-order valence-corrected chi connectivity index (χ3v) is 2.53. The fraction of sp³-hybridized carbons (Fsp3) is 0.917. The zero-order valence-corrected chi connectivity index (χ0v) is 11.1. The van der Waals surface area contributed by atoms with Crippen molar-refractivity contribution in [2.45, 2.75) is 38.6 Å². The molecular formula is C12H26N2O2. The molecule has 0 aromatic rings. The van der Waals surface area contributed by atoms with Crippen LogP contribution in [0.2, 0.25) is 0 Å². The predicted molar refractivity (Wildman–Crippen MR) is 66.5 cm³/mol. The molecule has 16 heavy (non-hydrogen) atoms. The van der Waals surface area contributed by atoms with Gasteiger partial charge in [0.25, 0.3) is 0 Å². The molecule has 0 heterocycles. The minimum absolute atomic E-state index is 0.142. The second kappa shape index (κ2) is 9.60. The number of esters is 1. The molecule has 0 aromatic heterocycles. The highest BCUT2D eigenvalue weighted by Gasteiger charge is 2.17. The van der Waals surface area contributed by atoms with Crippen LogP contribution in [-0.2, 0) is 9.53 Å². The summed E-state index contributed by atoms with van der Waals surface area (Å²) in [6.45, 7) is 3.91. The molecule has 0 saturated carbocycles. The normalized spacial score (nSPS) is 12.8. The van der Waals surface area contributed by atoms with Gasteiger partial charge in [-0.15, -0.1) is 0 Å². The van der Waals surface area contributed by atoms with Gasteiger partial charge in [-0.3, -0.25) is 4.79 Å². The lowest BCUT2D eigenvalue weighted by molar-refractivity contribution is -0.143. The van der Waals surface area contributed by atoms with Crippen LogP contribution in [0.3, 0.4) is 0 Å². The van der Waals surface area contributed by atoms with E-state index in [0.29, 0.717) is 0 Å². The lowest BCUT2D eigenvalue weighted by Crippen LogP contribution is -2.40. The molecule has 0 bridgehead atoms. The van der Waals surface area contributed by atoms with Crippen molar-refractivity contribution in [3.63, 3.8) is 0 Å². The third kappa shape index (κ3) is 7.65. The molecule has 4 nitrogen and oxygen atoms in total. The maximum absolute atomic E-state index is 11.5. The van der Waals surface area contributed by atoms with E-state index in [4.69, 9.17) is 4.74 Å². The number of hydrogen-bond donors (Lipinski definition) is 1. The average molecular weight is 230 g/mol. The summed E-state index contributed by atoms with van der Waals surface area (Å²) in [6, 6.07) is -0.142. The van der Waals surface area contributed by atoms with Gasteiger partial charge in [-0.2, -0.15) is 0 Å².